The zero-order chi connectivity index (χ0) is 30.6. The van der Waals surface area contributed by atoms with Crippen LogP contribution in [-0.4, -0.2) is 53.6 Å². The average Bonchev–Trinajstić information content (AvgIpc) is 3.11. The third-order valence-corrected chi connectivity index (χ3v) is 13.9. The number of ether oxygens (including phenoxy) is 2. The van der Waals surface area contributed by atoms with Crippen LogP contribution in [0.2, 0.25) is 5.02 Å². The van der Waals surface area contributed by atoms with Gasteiger partial charge in [0.25, 0.3) is 5.91 Å². The molecule has 0 aromatic heterocycles. The van der Waals surface area contributed by atoms with E-state index in [1.807, 2.05) is 32.2 Å². The van der Waals surface area contributed by atoms with Gasteiger partial charge in [0.15, 0.2) is 0 Å². The molecule has 234 valence electrons. The Balaban J connectivity index is 1.43. The van der Waals surface area contributed by atoms with Gasteiger partial charge < -0.3 is 14.4 Å². The first-order valence-electron chi connectivity index (χ1n) is 16.0. The Hall–Kier alpha value is -2.22. The van der Waals surface area contributed by atoms with Crippen molar-refractivity contribution in [3.8, 4) is 5.75 Å². The van der Waals surface area contributed by atoms with Crippen LogP contribution in [0.15, 0.2) is 36.4 Å². The predicted octanol–water partition coefficient (Wildman–Crippen LogP) is 6.81. The summed E-state index contributed by atoms with van der Waals surface area (Å²) in [5, 5.41) is 0.520. The number of hydrogen-bond donors (Lipinski definition) is 1. The van der Waals surface area contributed by atoms with Gasteiger partial charge >= 0.3 is 0 Å². The summed E-state index contributed by atoms with van der Waals surface area (Å²) in [5.74, 6) is 5.53. The molecule has 1 N–H and O–H groups in total. The minimum absolute atomic E-state index is 0.150. The molecule has 7 atom stereocenters. The number of nitrogens with one attached hydrogen (secondary N) is 1. The van der Waals surface area contributed by atoms with Gasteiger partial charge in [-0.1, -0.05) is 31.0 Å². The highest BCUT2D eigenvalue weighted by Gasteiger charge is 2.48. The van der Waals surface area contributed by atoms with E-state index in [1.54, 1.807) is 6.07 Å². The van der Waals surface area contributed by atoms with Gasteiger partial charge in [-0.2, -0.15) is 0 Å². The van der Waals surface area contributed by atoms with Gasteiger partial charge in [0, 0.05) is 41.5 Å². The van der Waals surface area contributed by atoms with Crippen LogP contribution in [0, 0.1) is 17.8 Å². The number of halogens is 1. The van der Waals surface area contributed by atoms with Gasteiger partial charge in [-0.15, -0.1) is 0 Å². The SMILES string of the molecule is C=S1(=O)NC(=O)c2ccc3c(c2)N(C[C@@H]2CC[C@H]2[C@](C)(OC)CCC[C@H](C)[C@H]1C)C[C@@]1(CCCc2cc(Cl)ccc21)CO3. The number of anilines is 1. The number of hydrogen-bond acceptors (Lipinski definition) is 5. The predicted molar refractivity (Wildman–Crippen MR) is 177 cm³/mol. The smallest absolute Gasteiger partial charge is 0.262 e. The minimum atomic E-state index is -2.87. The van der Waals surface area contributed by atoms with Crippen molar-refractivity contribution in [2.75, 3.05) is 31.7 Å². The third-order valence-electron chi connectivity index (χ3n) is 11.4. The molecular formula is C35H47ClN2O4S. The highest BCUT2D eigenvalue weighted by atomic mass is 35.5. The van der Waals surface area contributed by atoms with E-state index in [4.69, 9.17) is 21.1 Å². The molecule has 2 heterocycles. The van der Waals surface area contributed by atoms with E-state index in [2.05, 4.69) is 41.5 Å². The fourth-order valence-corrected chi connectivity index (χ4v) is 9.96. The van der Waals surface area contributed by atoms with Gasteiger partial charge in [-0.25, -0.2) is 4.21 Å². The molecule has 2 aromatic rings. The van der Waals surface area contributed by atoms with Gasteiger partial charge in [0.05, 0.1) is 27.6 Å². The van der Waals surface area contributed by atoms with E-state index in [-0.39, 0.29) is 28.1 Å². The number of benzene rings is 2. The second kappa shape index (κ2) is 11.6. The van der Waals surface area contributed by atoms with Crippen molar-refractivity contribution in [2.24, 2.45) is 17.8 Å². The van der Waals surface area contributed by atoms with Crippen LogP contribution in [0.25, 0.3) is 0 Å². The van der Waals surface area contributed by atoms with Gasteiger partial charge in [-0.3, -0.25) is 9.52 Å². The Morgan fingerprint density at radius 1 is 1.12 bits per heavy atom. The van der Waals surface area contributed by atoms with Gasteiger partial charge in [0.2, 0.25) is 0 Å². The van der Waals surface area contributed by atoms with Crippen LogP contribution >= 0.6 is 11.6 Å². The average molecular weight is 627 g/mol. The topological polar surface area (TPSA) is 67.9 Å². The van der Waals surface area contributed by atoms with Crippen LogP contribution < -0.4 is 14.4 Å². The summed E-state index contributed by atoms with van der Waals surface area (Å²) in [4.78, 5) is 16.1. The molecule has 1 unspecified atom stereocenters. The Morgan fingerprint density at radius 3 is 2.67 bits per heavy atom. The lowest BCUT2D eigenvalue weighted by molar-refractivity contribution is -0.103. The Labute approximate surface area is 263 Å². The summed E-state index contributed by atoms with van der Waals surface area (Å²) in [6.07, 6.45) is 8.29. The highest BCUT2D eigenvalue weighted by molar-refractivity contribution is 7.99. The number of nitrogens with zero attached hydrogens (tertiary/aromatic N) is 1. The van der Waals surface area contributed by atoms with Crippen molar-refractivity contribution >= 4 is 38.8 Å². The minimum Gasteiger partial charge on any atom is -0.490 e. The first kappa shape index (κ1) is 30.8. The van der Waals surface area contributed by atoms with E-state index in [1.165, 1.54) is 11.1 Å². The summed E-state index contributed by atoms with van der Waals surface area (Å²) >= 11 is 6.44. The lowest BCUT2D eigenvalue weighted by Crippen LogP contribution is -2.52. The number of amides is 1. The van der Waals surface area contributed by atoms with Crippen LogP contribution in [0.1, 0.15) is 87.2 Å². The molecule has 2 aromatic carbocycles. The molecule has 0 saturated heterocycles. The monoisotopic (exact) mass is 626 g/mol. The van der Waals surface area contributed by atoms with Crippen molar-refractivity contribution in [3.63, 3.8) is 0 Å². The lowest BCUT2D eigenvalue weighted by atomic mass is 9.63. The first-order valence-corrected chi connectivity index (χ1v) is 18.2. The number of aryl methyl sites for hydroxylation is 1. The second-order valence-corrected chi connectivity index (χ2v) is 16.8. The van der Waals surface area contributed by atoms with Crippen LogP contribution in [0.3, 0.4) is 0 Å². The molecule has 43 heavy (non-hydrogen) atoms. The maximum absolute atomic E-state index is 13.7. The van der Waals surface area contributed by atoms with Crippen LogP contribution in [0.4, 0.5) is 5.69 Å². The van der Waals surface area contributed by atoms with Crippen molar-refractivity contribution in [1.29, 1.82) is 0 Å². The Bertz CT molecular complexity index is 1490. The zero-order valence-corrected chi connectivity index (χ0v) is 27.7. The highest BCUT2D eigenvalue weighted by Crippen LogP contribution is 2.49. The molecule has 1 fully saturated rings. The fraction of sp³-hybridized carbons (Fsp3) is 0.600. The standard InChI is InChI=1S/C35H47ClN2O4S/c1-23-8-6-16-34(3,41-4)29-13-10-27(29)20-38-21-35(17-7-9-25-18-28(36)12-14-30(25)35)22-42-32-15-11-26(19-31(32)38)33(39)37-43(5,40)24(23)2/h11-12,14-15,18-19,23-24,27,29H,5-10,13,16-17,20-22H2,1-4H3,(H,37,39,40)/t23-,24+,27-,29+,34+,35-,43?/m0/s1. The molecule has 0 radical (unpaired) electrons. The maximum Gasteiger partial charge on any atom is 0.262 e. The number of fused-ring (bicyclic) bond motifs is 4. The molecule has 6 rings (SSSR count). The molecule has 2 aliphatic carbocycles. The molecule has 2 bridgehead atoms. The number of carbonyl (C=O) groups is 1. The molecule has 2 aliphatic heterocycles. The van der Waals surface area contributed by atoms with E-state index in [0.717, 1.165) is 80.9 Å². The number of methoxy groups -OCH3 is 1. The van der Waals surface area contributed by atoms with Crippen molar-refractivity contribution in [1.82, 2.24) is 4.72 Å². The molecule has 4 aliphatic rings. The molecule has 1 spiro atoms. The van der Waals surface area contributed by atoms with E-state index in [9.17, 15) is 9.00 Å². The third kappa shape index (κ3) is 5.70. The maximum atomic E-state index is 13.7. The fourth-order valence-electron chi connectivity index (χ4n) is 8.26. The quantitative estimate of drug-likeness (QED) is 0.352. The second-order valence-electron chi connectivity index (χ2n) is 14.0. The molecule has 1 saturated carbocycles. The van der Waals surface area contributed by atoms with Gasteiger partial charge in [-0.05, 0) is 124 Å². The van der Waals surface area contributed by atoms with Crippen molar-refractivity contribution < 1.29 is 18.5 Å². The van der Waals surface area contributed by atoms with E-state index >= 15 is 0 Å². The summed E-state index contributed by atoms with van der Waals surface area (Å²) in [5.41, 5.74) is 3.64. The van der Waals surface area contributed by atoms with Crippen LogP contribution in [-0.2, 0) is 26.3 Å². The lowest BCUT2D eigenvalue weighted by Gasteiger charge is -2.50. The Morgan fingerprint density at radius 2 is 1.93 bits per heavy atom. The molecule has 1 amide bonds. The first-order chi connectivity index (χ1) is 20.4. The normalized spacial score (nSPS) is 36.4. The van der Waals surface area contributed by atoms with Gasteiger partial charge in [0.1, 0.15) is 5.75 Å². The summed E-state index contributed by atoms with van der Waals surface area (Å²) in [6.45, 7) is 8.59. The Kier molecular flexibility index (Phi) is 8.31. The summed E-state index contributed by atoms with van der Waals surface area (Å²) in [6, 6.07) is 12.0. The molecule has 6 nitrogen and oxygen atoms in total. The zero-order valence-electron chi connectivity index (χ0n) is 26.1. The van der Waals surface area contributed by atoms with Crippen LogP contribution in [0.5, 0.6) is 5.75 Å². The summed E-state index contributed by atoms with van der Waals surface area (Å²) in [7, 11) is -1.01. The molecular weight excluding hydrogens is 580 g/mol. The number of rotatable bonds is 1. The van der Waals surface area contributed by atoms with E-state index < -0.39 is 9.71 Å². The molecule has 8 heteroatoms. The number of carbonyl (C=O) groups excluding carboxylic acids is 1. The largest absolute Gasteiger partial charge is 0.490 e. The summed E-state index contributed by atoms with van der Waals surface area (Å²) < 4.78 is 29.5. The van der Waals surface area contributed by atoms with E-state index in [0.29, 0.717) is 24.0 Å². The van der Waals surface area contributed by atoms with Crippen molar-refractivity contribution in [2.45, 2.75) is 88.4 Å². The van der Waals surface area contributed by atoms with Crippen molar-refractivity contribution in [3.05, 3.63) is 58.1 Å².